The molecule has 1 aromatic heterocycles. The molecule has 2 rings (SSSR count). The molecule has 5 nitrogen and oxygen atoms in total. The third-order valence-electron chi connectivity index (χ3n) is 3.35. The van der Waals surface area contributed by atoms with E-state index in [0.29, 0.717) is 6.54 Å². The summed E-state index contributed by atoms with van der Waals surface area (Å²) in [6.07, 6.45) is 0.389. The van der Waals surface area contributed by atoms with Crippen LogP contribution in [0.25, 0.3) is 0 Å². The summed E-state index contributed by atoms with van der Waals surface area (Å²) in [5.41, 5.74) is 0. The van der Waals surface area contributed by atoms with E-state index in [1.807, 2.05) is 11.4 Å². The standard InChI is InChI=1S/C13H18N2O3S/c1-9(16)15-7-10(12-4-3-5-19-12)6-11(8-15)14-13(17)18-2/h3-5,10-11H,6-8H2,1-2H3,(H,14,17). The van der Waals surface area contributed by atoms with Crippen LogP contribution < -0.4 is 5.32 Å². The van der Waals surface area contributed by atoms with E-state index < -0.39 is 6.09 Å². The van der Waals surface area contributed by atoms with Gasteiger partial charge in [0.1, 0.15) is 0 Å². The molecule has 1 aliphatic heterocycles. The van der Waals surface area contributed by atoms with Gasteiger partial charge < -0.3 is 15.0 Å². The van der Waals surface area contributed by atoms with Crippen LogP contribution in [0.4, 0.5) is 4.79 Å². The van der Waals surface area contributed by atoms with Crippen molar-refractivity contribution in [2.45, 2.75) is 25.3 Å². The first-order valence-corrected chi connectivity index (χ1v) is 7.11. The van der Waals surface area contributed by atoms with Crippen molar-refractivity contribution in [2.75, 3.05) is 20.2 Å². The second-order valence-corrected chi connectivity index (χ2v) is 5.68. The molecule has 2 amide bonds. The summed E-state index contributed by atoms with van der Waals surface area (Å²) in [5.74, 6) is 0.317. The maximum Gasteiger partial charge on any atom is 0.407 e. The number of hydrogen-bond donors (Lipinski definition) is 1. The summed E-state index contributed by atoms with van der Waals surface area (Å²) in [7, 11) is 1.34. The molecule has 1 aliphatic rings. The van der Waals surface area contributed by atoms with Crippen LogP contribution in [0.3, 0.4) is 0 Å². The number of alkyl carbamates (subject to hydrolysis) is 1. The van der Waals surface area contributed by atoms with Crippen molar-refractivity contribution in [3.05, 3.63) is 22.4 Å². The number of nitrogens with one attached hydrogen (secondary N) is 1. The Bertz CT molecular complexity index is 447. The average Bonchev–Trinajstić information content (AvgIpc) is 2.92. The molecule has 2 heterocycles. The molecule has 2 atom stereocenters. The van der Waals surface area contributed by atoms with Crippen molar-refractivity contribution >= 4 is 23.3 Å². The van der Waals surface area contributed by atoms with E-state index >= 15 is 0 Å². The Labute approximate surface area is 116 Å². The fourth-order valence-corrected chi connectivity index (χ4v) is 3.25. The number of carbonyl (C=O) groups is 2. The van der Waals surface area contributed by atoms with Crippen LogP contribution in [0, 0.1) is 0 Å². The Balaban J connectivity index is 2.08. The molecule has 1 fully saturated rings. The number of rotatable bonds is 2. The number of carbonyl (C=O) groups excluding carboxylic acids is 2. The van der Waals surface area contributed by atoms with Crippen LogP contribution in [-0.4, -0.2) is 43.1 Å². The number of ether oxygens (including phenoxy) is 1. The van der Waals surface area contributed by atoms with E-state index in [-0.39, 0.29) is 17.9 Å². The van der Waals surface area contributed by atoms with Gasteiger partial charge in [-0.1, -0.05) is 6.07 Å². The molecule has 0 spiro atoms. The van der Waals surface area contributed by atoms with Crippen LogP contribution in [0.15, 0.2) is 17.5 Å². The number of thiophene rings is 1. The molecule has 1 aromatic rings. The monoisotopic (exact) mass is 282 g/mol. The van der Waals surface area contributed by atoms with Crippen LogP contribution in [0.1, 0.15) is 24.1 Å². The first-order chi connectivity index (χ1) is 9.10. The average molecular weight is 282 g/mol. The van der Waals surface area contributed by atoms with Gasteiger partial charge >= 0.3 is 6.09 Å². The number of likely N-dealkylation sites (tertiary alicyclic amines) is 1. The van der Waals surface area contributed by atoms with E-state index in [2.05, 4.69) is 16.1 Å². The van der Waals surface area contributed by atoms with Gasteiger partial charge in [-0.3, -0.25) is 4.79 Å². The maximum atomic E-state index is 11.6. The maximum absolute atomic E-state index is 11.6. The van der Waals surface area contributed by atoms with Gasteiger partial charge in [0.05, 0.1) is 13.2 Å². The number of methoxy groups -OCH3 is 1. The van der Waals surface area contributed by atoms with E-state index in [9.17, 15) is 9.59 Å². The van der Waals surface area contributed by atoms with E-state index in [4.69, 9.17) is 0 Å². The van der Waals surface area contributed by atoms with Gasteiger partial charge in [0.2, 0.25) is 5.91 Å². The van der Waals surface area contributed by atoms with Crippen LogP contribution >= 0.6 is 11.3 Å². The Morgan fingerprint density at radius 1 is 1.47 bits per heavy atom. The van der Waals surface area contributed by atoms with Crippen molar-refractivity contribution in [1.82, 2.24) is 10.2 Å². The van der Waals surface area contributed by atoms with Crippen molar-refractivity contribution in [3.63, 3.8) is 0 Å². The molecule has 1 N–H and O–H groups in total. The SMILES string of the molecule is COC(=O)NC1CC(c2cccs2)CN(C(C)=O)C1. The molecule has 19 heavy (non-hydrogen) atoms. The predicted molar refractivity (Wildman–Crippen MR) is 73.3 cm³/mol. The van der Waals surface area contributed by atoms with Crippen molar-refractivity contribution < 1.29 is 14.3 Å². The fourth-order valence-electron chi connectivity index (χ4n) is 2.42. The summed E-state index contributed by atoms with van der Waals surface area (Å²) >= 11 is 1.69. The second kappa shape index (κ2) is 6.06. The van der Waals surface area contributed by atoms with Crippen molar-refractivity contribution in [2.24, 2.45) is 0 Å². The van der Waals surface area contributed by atoms with Gasteiger partial charge in [0.15, 0.2) is 0 Å². The third-order valence-corrected chi connectivity index (χ3v) is 4.38. The van der Waals surface area contributed by atoms with Crippen LogP contribution in [0.5, 0.6) is 0 Å². The molecule has 0 bridgehead atoms. The van der Waals surface area contributed by atoms with Crippen molar-refractivity contribution in [3.8, 4) is 0 Å². The van der Waals surface area contributed by atoms with E-state index in [1.54, 1.807) is 23.2 Å². The largest absolute Gasteiger partial charge is 0.453 e. The summed E-state index contributed by atoms with van der Waals surface area (Å²) in [4.78, 5) is 26.0. The normalized spacial score (nSPS) is 22.9. The zero-order chi connectivity index (χ0) is 13.8. The highest BCUT2D eigenvalue weighted by Gasteiger charge is 2.31. The van der Waals surface area contributed by atoms with Gasteiger partial charge in [-0.2, -0.15) is 0 Å². The third kappa shape index (κ3) is 3.47. The minimum Gasteiger partial charge on any atom is -0.453 e. The van der Waals surface area contributed by atoms with Crippen molar-refractivity contribution in [1.29, 1.82) is 0 Å². The lowest BCUT2D eigenvalue weighted by molar-refractivity contribution is -0.130. The first-order valence-electron chi connectivity index (χ1n) is 6.23. The molecule has 1 saturated heterocycles. The quantitative estimate of drug-likeness (QED) is 0.900. The second-order valence-electron chi connectivity index (χ2n) is 4.70. The Kier molecular flexibility index (Phi) is 4.42. The highest BCUT2D eigenvalue weighted by molar-refractivity contribution is 7.10. The summed E-state index contributed by atoms with van der Waals surface area (Å²) in [6.45, 7) is 2.83. The number of nitrogens with zero attached hydrogens (tertiary/aromatic N) is 1. The highest BCUT2D eigenvalue weighted by Crippen LogP contribution is 2.30. The molecule has 0 saturated carbocycles. The van der Waals surface area contributed by atoms with Gasteiger partial charge in [-0.15, -0.1) is 11.3 Å². The van der Waals surface area contributed by atoms with Gasteiger partial charge in [0, 0.05) is 30.8 Å². The Hall–Kier alpha value is -1.56. The fraction of sp³-hybridized carbons (Fsp3) is 0.538. The molecule has 0 aromatic carbocycles. The minimum absolute atomic E-state index is 0.0397. The first kappa shape index (κ1) is 13.9. The molecular weight excluding hydrogens is 264 g/mol. The number of piperidine rings is 1. The van der Waals surface area contributed by atoms with Gasteiger partial charge in [-0.25, -0.2) is 4.79 Å². The van der Waals surface area contributed by atoms with Gasteiger partial charge in [-0.05, 0) is 17.9 Å². The minimum atomic E-state index is -0.444. The number of amides is 2. The topological polar surface area (TPSA) is 58.6 Å². The van der Waals surface area contributed by atoms with Crippen LogP contribution in [0.2, 0.25) is 0 Å². The Morgan fingerprint density at radius 3 is 2.84 bits per heavy atom. The molecule has 2 unspecified atom stereocenters. The summed E-state index contributed by atoms with van der Waals surface area (Å²) in [5, 5.41) is 4.83. The Morgan fingerprint density at radius 2 is 2.26 bits per heavy atom. The molecular formula is C13H18N2O3S. The molecule has 0 aliphatic carbocycles. The zero-order valence-corrected chi connectivity index (χ0v) is 11.9. The van der Waals surface area contributed by atoms with Crippen LogP contribution in [-0.2, 0) is 9.53 Å². The summed E-state index contributed by atoms with van der Waals surface area (Å²) in [6, 6.07) is 4.03. The summed E-state index contributed by atoms with van der Waals surface area (Å²) < 4.78 is 4.62. The molecule has 0 radical (unpaired) electrons. The zero-order valence-electron chi connectivity index (χ0n) is 11.1. The van der Waals surface area contributed by atoms with Gasteiger partial charge in [0.25, 0.3) is 0 Å². The lowest BCUT2D eigenvalue weighted by atomic mass is 9.93. The predicted octanol–water partition coefficient (Wildman–Crippen LogP) is 1.81. The van der Waals surface area contributed by atoms with E-state index in [1.165, 1.54) is 12.0 Å². The lowest BCUT2D eigenvalue weighted by Gasteiger charge is -2.37. The lowest BCUT2D eigenvalue weighted by Crippen LogP contribution is -2.51. The number of hydrogen-bond acceptors (Lipinski definition) is 4. The van der Waals surface area contributed by atoms with E-state index in [0.717, 1.165) is 13.0 Å². The highest BCUT2D eigenvalue weighted by atomic mass is 32.1. The molecule has 104 valence electrons. The smallest absolute Gasteiger partial charge is 0.407 e. The molecule has 6 heteroatoms.